The third kappa shape index (κ3) is 6.56. The van der Waals surface area contributed by atoms with Crippen LogP contribution in [0.4, 0.5) is 0 Å². The summed E-state index contributed by atoms with van der Waals surface area (Å²) in [6, 6.07) is 8.91. The molecule has 164 valence electrons. The molecule has 1 aromatic rings. The van der Waals surface area contributed by atoms with Gasteiger partial charge in [-0.15, -0.1) is 0 Å². The Morgan fingerprint density at radius 1 is 0.966 bits per heavy atom. The third-order valence-corrected chi connectivity index (χ3v) is 6.93. The van der Waals surface area contributed by atoms with Crippen LogP contribution in [0.2, 0.25) is 0 Å². The van der Waals surface area contributed by atoms with E-state index in [2.05, 4.69) is 65.1 Å². The van der Waals surface area contributed by atoms with Gasteiger partial charge in [-0.25, -0.2) is 0 Å². The first-order valence-electron chi connectivity index (χ1n) is 12.2. The van der Waals surface area contributed by atoms with Crippen LogP contribution >= 0.6 is 0 Å². The second-order valence-electron chi connectivity index (χ2n) is 9.48. The molecule has 1 aliphatic carbocycles. The van der Waals surface area contributed by atoms with Gasteiger partial charge < -0.3 is 0 Å². The van der Waals surface area contributed by atoms with E-state index < -0.39 is 0 Å². The maximum Gasteiger partial charge on any atom is 0.0481 e. The predicted molar refractivity (Wildman–Crippen MR) is 132 cm³/mol. The molecule has 0 spiro atoms. The summed E-state index contributed by atoms with van der Waals surface area (Å²) in [5.74, 6) is 0.603. The van der Waals surface area contributed by atoms with E-state index in [0.29, 0.717) is 11.3 Å². The molecule has 29 heavy (non-hydrogen) atoms. The molecular formula is C28H47N. The van der Waals surface area contributed by atoms with Crippen molar-refractivity contribution in [2.75, 3.05) is 0 Å². The molecule has 0 saturated heterocycles. The Bertz CT molecular complexity index is 669. The molecule has 1 aliphatic heterocycles. The van der Waals surface area contributed by atoms with Crippen molar-refractivity contribution in [1.82, 2.24) is 0 Å². The summed E-state index contributed by atoms with van der Waals surface area (Å²) in [6.45, 7) is 19.8. The van der Waals surface area contributed by atoms with E-state index in [4.69, 9.17) is 4.99 Å². The molecule has 0 unspecified atom stereocenters. The van der Waals surface area contributed by atoms with Gasteiger partial charge in [-0.3, -0.25) is 4.99 Å². The number of hydrogen-bond acceptors (Lipinski definition) is 1. The van der Waals surface area contributed by atoms with Gasteiger partial charge in [-0.05, 0) is 60.0 Å². The topological polar surface area (TPSA) is 12.4 Å². The van der Waals surface area contributed by atoms with Crippen LogP contribution in [-0.2, 0) is 5.41 Å². The first-order chi connectivity index (χ1) is 13.8. The first-order valence-corrected chi connectivity index (χ1v) is 12.2. The highest BCUT2D eigenvalue weighted by atomic mass is 14.7. The molecule has 1 fully saturated rings. The number of rotatable bonds is 5. The average Bonchev–Trinajstić information content (AvgIpc) is 3.17. The van der Waals surface area contributed by atoms with Gasteiger partial charge in [0.2, 0.25) is 0 Å². The lowest BCUT2D eigenvalue weighted by Gasteiger charge is -2.33. The molecule has 0 aromatic heterocycles. The van der Waals surface area contributed by atoms with Crippen LogP contribution in [-0.4, -0.2) is 5.71 Å². The van der Waals surface area contributed by atoms with Crippen LogP contribution in [0, 0.1) is 11.3 Å². The van der Waals surface area contributed by atoms with Crippen molar-refractivity contribution in [1.29, 1.82) is 0 Å². The van der Waals surface area contributed by atoms with Crippen molar-refractivity contribution in [3.8, 4) is 0 Å². The van der Waals surface area contributed by atoms with Crippen LogP contribution in [0.1, 0.15) is 118 Å². The molecule has 1 heterocycles. The molecule has 0 amide bonds. The van der Waals surface area contributed by atoms with Gasteiger partial charge in [0.25, 0.3) is 0 Å². The van der Waals surface area contributed by atoms with Crippen LogP contribution in [0.5, 0.6) is 0 Å². The summed E-state index contributed by atoms with van der Waals surface area (Å²) in [4.78, 5) is 4.94. The van der Waals surface area contributed by atoms with E-state index in [1.807, 2.05) is 27.7 Å². The maximum absolute atomic E-state index is 4.94. The van der Waals surface area contributed by atoms with Crippen molar-refractivity contribution < 1.29 is 0 Å². The van der Waals surface area contributed by atoms with Crippen molar-refractivity contribution in [3.63, 3.8) is 0 Å². The monoisotopic (exact) mass is 397 g/mol. The zero-order chi connectivity index (χ0) is 22.1. The van der Waals surface area contributed by atoms with Gasteiger partial charge in [0.15, 0.2) is 0 Å². The minimum atomic E-state index is 0.167. The van der Waals surface area contributed by atoms with Gasteiger partial charge in [0.05, 0.1) is 0 Å². The average molecular weight is 398 g/mol. The smallest absolute Gasteiger partial charge is 0.0481 e. The molecule has 0 N–H and O–H groups in total. The summed E-state index contributed by atoms with van der Waals surface area (Å²) in [6.07, 6.45) is 11.3. The predicted octanol–water partition coefficient (Wildman–Crippen LogP) is 9.11. The molecule has 0 bridgehead atoms. The molecule has 1 saturated carbocycles. The summed E-state index contributed by atoms with van der Waals surface area (Å²) in [5.41, 5.74) is 6.36. The molecule has 0 radical (unpaired) electrons. The first kappa shape index (κ1) is 25.7. The quantitative estimate of drug-likeness (QED) is 0.469. The van der Waals surface area contributed by atoms with E-state index in [-0.39, 0.29) is 5.41 Å². The lowest BCUT2D eigenvalue weighted by molar-refractivity contribution is 0.329. The molecule has 2 aliphatic rings. The van der Waals surface area contributed by atoms with E-state index in [1.165, 1.54) is 55.4 Å². The minimum absolute atomic E-state index is 0.167. The Morgan fingerprint density at radius 3 is 2.07 bits per heavy atom. The zero-order valence-electron chi connectivity index (χ0n) is 20.9. The highest BCUT2D eigenvalue weighted by Gasteiger charge is 2.31. The molecule has 0 atom stereocenters. The number of aliphatic imine (C=N–C) groups is 1. The van der Waals surface area contributed by atoms with E-state index >= 15 is 0 Å². The molecule has 3 rings (SSSR count). The van der Waals surface area contributed by atoms with Crippen LogP contribution in [0.25, 0.3) is 0 Å². The van der Waals surface area contributed by atoms with Gasteiger partial charge in [-0.2, -0.15) is 0 Å². The largest absolute Gasteiger partial charge is 0.261 e. The Hall–Kier alpha value is -1.37. The summed E-state index contributed by atoms with van der Waals surface area (Å²) in [5, 5.41) is 0. The van der Waals surface area contributed by atoms with Gasteiger partial charge in [-0.1, -0.05) is 105 Å². The van der Waals surface area contributed by atoms with E-state index in [1.54, 1.807) is 5.57 Å². The van der Waals surface area contributed by atoms with Crippen molar-refractivity contribution in [2.24, 2.45) is 16.3 Å². The Balaban J connectivity index is 0.000000989. The van der Waals surface area contributed by atoms with E-state index in [9.17, 15) is 0 Å². The molecular weight excluding hydrogens is 350 g/mol. The highest BCUT2D eigenvalue weighted by Crippen LogP contribution is 2.44. The highest BCUT2D eigenvalue weighted by molar-refractivity contribution is 6.03. The zero-order valence-corrected chi connectivity index (χ0v) is 20.9. The van der Waals surface area contributed by atoms with Gasteiger partial charge >= 0.3 is 0 Å². The lowest BCUT2D eigenvalue weighted by atomic mass is 9.72. The minimum Gasteiger partial charge on any atom is -0.261 e. The summed E-state index contributed by atoms with van der Waals surface area (Å²) < 4.78 is 0. The van der Waals surface area contributed by atoms with Gasteiger partial charge in [0, 0.05) is 11.9 Å². The maximum atomic E-state index is 4.94. The second kappa shape index (κ2) is 11.7. The van der Waals surface area contributed by atoms with Crippen LogP contribution in [0.15, 0.2) is 41.0 Å². The number of benzene rings is 1. The normalized spacial score (nSPS) is 18.1. The number of nitrogens with zero attached hydrogens (tertiary/aromatic N) is 1. The van der Waals surface area contributed by atoms with Gasteiger partial charge in [0.1, 0.15) is 0 Å². The third-order valence-electron chi connectivity index (χ3n) is 6.93. The Morgan fingerprint density at radius 2 is 1.55 bits per heavy atom. The Labute approximate surface area is 182 Å². The summed E-state index contributed by atoms with van der Waals surface area (Å²) in [7, 11) is 0. The fourth-order valence-electron chi connectivity index (χ4n) is 4.48. The Kier molecular flexibility index (Phi) is 10.4. The molecule has 1 nitrogen and oxygen atoms in total. The van der Waals surface area contributed by atoms with Crippen molar-refractivity contribution in [2.45, 2.75) is 113 Å². The fraction of sp³-hybridized carbons (Fsp3) is 0.679. The lowest BCUT2D eigenvalue weighted by Crippen LogP contribution is -2.27. The van der Waals surface area contributed by atoms with Crippen LogP contribution < -0.4 is 0 Å². The fourth-order valence-corrected chi connectivity index (χ4v) is 4.48. The van der Waals surface area contributed by atoms with Crippen LogP contribution in [0.3, 0.4) is 0 Å². The summed E-state index contributed by atoms with van der Waals surface area (Å²) >= 11 is 0. The molecule has 1 aromatic carbocycles. The molecule has 1 heteroatoms. The second-order valence-corrected chi connectivity index (χ2v) is 9.48. The number of allylic oxidation sites excluding steroid dienone is 1. The number of hydrogen-bond donors (Lipinski definition) is 0. The van der Waals surface area contributed by atoms with E-state index in [0.717, 1.165) is 6.42 Å². The standard InChI is InChI=1S/C24H35N.2C2H6/c1-18(2)23(3,4)21-11-7-6-10-20(21)22-13-12-19(17-25-22)16-24(5)14-8-9-15-24;2*1-2/h6-7,10-11,17-18H,8-9,12-16H2,1-5H3;2*1-2H3. The van der Waals surface area contributed by atoms with Crippen molar-refractivity contribution >= 4 is 5.71 Å². The SMILES string of the molecule is CC.CC.CC(C)C(C)(C)c1ccccc1C1=NC=C(CC2(C)CCCC2)CC1. The van der Waals surface area contributed by atoms with Crippen molar-refractivity contribution in [3.05, 3.63) is 47.2 Å².